The minimum atomic E-state index is -0.466. The fraction of sp³-hybridized carbons (Fsp3) is 0.423. The first-order valence-corrected chi connectivity index (χ1v) is 13.1. The van der Waals surface area contributed by atoms with Crippen LogP contribution in [0.15, 0.2) is 61.6 Å². The van der Waals surface area contributed by atoms with Gasteiger partial charge in [0.25, 0.3) is 5.91 Å². The number of amides is 1. The fourth-order valence-electron chi connectivity index (χ4n) is 6.25. The molecule has 2 heterocycles. The number of hydrogen-bond acceptors (Lipinski definition) is 4. The highest BCUT2D eigenvalue weighted by atomic mass is 79.9. The predicted molar refractivity (Wildman–Crippen MR) is 141 cm³/mol. The molecule has 5 rings (SSSR count). The van der Waals surface area contributed by atoms with Crippen molar-refractivity contribution in [2.75, 3.05) is 6.54 Å². The molecule has 3 aromatic rings. The largest absolute Gasteiger partial charge is 0.493 e. The summed E-state index contributed by atoms with van der Waals surface area (Å²) in [4.78, 5) is 15.2. The van der Waals surface area contributed by atoms with E-state index >= 15 is 0 Å². The number of aromatic hydroxyl groups is 1. The third kappa shape index (κ3) is 4.36. The average Bonchev–Trinajstić information content (AvgIpc) is 3.14. The molecule has 0 unspecified atom stereocenters. The van der Waals surface area contributed by atoms with Gasteiger partial charge in [0.2, 0.25) is 5.88 Å². The van der Waals surface area contributed by atoms with Crippen LogP contribution in [0.25, 0.3) is 10.9 Å². The molecular formula is C26H28Br2N4O2. The molecule has 0 radical (unpaired) electrons. The van der Waals surface area contributed by atoms with Crippen LogP contribution in [0.4, 0.5) is 5.69 Å². The van der Waals surface area contributed by atoms with Crippen LogP contribution in [0, 0.1) is 10.8 Å². The van der Waals surface area contributed by atoms with Gasteiger partial charge in [0, 0.05) is 26.9 Å². The number of hydrogen-bond donors (Lipinski definition) is 1. The summed E-state index contributed by atoms with van der Waals surface area (Å²) in [5.74, 6) is -0.436. The first kappa shape index (κ1) is 23.7. The Morgan fingerprint density at radius 1 is 1.15 bits per heavy atom. The first-order valence-electron chi connectivity index (χ1n) is 11.5. The number of nitrogens with zero attached hydrogens (tertiary/aromatic N) is 4. The van der Waals surface area contributed by atoms with Gasteiger partial charge in [0.1, 0.15) is 0 Å². The maximum absolute atomic E-state index is 12.7. The van der Waals surface area contributed by atoms with Crippen LogP contribution in [-0.4, -0.2) is 33.1 Å². The van der Waals surface area contributed by atoms with Gasteiger partial charge in [0.05, 0.1) is 17.7 Å². The molecule has 1 saturated carbocycles. The Kier molecular flexibility index (Phi) is 5.97. The highest BCUT2D eigenvalue weighted by molar-refractivity contribution is 9.10. The molecule has 8 heteroatoms. The van der Waals surface area contributed by atoms with Gasteiger partial charge in [-0.2, -0.15) is 0 Å². The van der Waals surface area contributed by atoms with Crippen molar-refractivity contribution >= 4 is 54.4 Å². The number of halogens is 2. The van der Waals surface area contributed by atoms with Gasteiger partial charge in [-0.1, -0.05) is 48.8 Å². The highest BCUT2D eigenvalue weighted by Gasteiger charge is 2.49. The number of rotatable bonds is 4. The average molecular weight is 588 g/mol. The van der Waals surface area contributed by atoms with E-state index in [2.05, 4.69) is 67.8 Å². The smallest absolute Gasteiger partial charge is 0.296 e. The van der Waals surface area contributed by atoms with Gasteiger partial charge < -0.3 is 5.11 Å². The van der Waals surface area contributed by atoms with Crippen molar-refractivity contribution in [2.45, 2.75) is 52.7 Å². The van der Waals surface area contributed by atoms with E-state index in [1.165, 1.54) is 12.8 Å². The predicted octanol–water partition coefficient (Wildman–Crippen LogP) is 7.65. The molecule has 178 valence electrons. The molecule has 6 nitrogen and oxygen atoms in total. The van der Waals surface area contributed by atoms with Crippen LogP contribution in [-0.2, 0) is 6.67 Å². The Bertz CT molecular complexity index is 1320. The van der Waals surface area contributed by atoms with E-state index in [1.54, 1.807) is 18.2 Å². The second kappa shape index (κ2) is 8.57. The number of fused-ring (bicyclic) bond motifs is 3. The van der Waals surface area contributed by atoms with Gasteiger partial charge >= 0.3 is 0 Å². The van der Waals surface area contributed by atoms with Gasteiger partial charge in [-0.05, 0) is 76.4 Å². The fourth-order valence-corrected chi connectivity index (χ4v) is 7.06. The van der Waals surface area contributed by atoms with E-state index in [1.807, 2.05) is 28.8 Å². The maximum Gasteiger partial charge on any atom is 0.296 e. The number of benzene rings is 2. The SMILES string of the molecule is CC1(C)C[C@H]2C[C@@](C)(CN2Cn2c(O)c(N=NC(=O)c3ccccc3Br)c3cc(Br)ccc32)C1. The zero-order valence-corrected chi connectivity index (χ0v) is 22.7. The Labute approximate surface area is 216 Å². The van der Waals surface area contributed by atoms with Crippen molar-refractivity contribution in [3.8, 4) is 5.88 Å². The molecule has 1 amide bonds. The van der Waals surface area contributed by atoms with Crippen LogP contribution in [0.1, 0.15) is 50.4 Å². The zero-order valence-electron chi connectivity index (χ0n) is 19.6. The molecule has 2 fully saturated rings. The van der Waals surface area contributed by atoms with E-state index in [9.17, 15) is 9.90 Å². The van der Waals surface area contributed by atoms with Crippen molar-refractivity contribution in [3.63, 3.8) is 0 Å². The maximum atomic E-state index is 12.7. The molecule has 2 aromatic carbocycles. The van der Waals surface area contributed by atoms with E-state index in [0.717, 1.165) is 28.3 Å². The van der Waals surface area contributed by atoms with Crippen molar-refractivity contribution in [3.05, 3.63) is 57.0 Å². The molecule has 1 N–H and O–H groups in total. The van der Waals surface area contributed by atoms with Crippen LogP contribution in [0.5, 0.6) is 5.88 Å². The Morgan fingerprint density at radius 3 is 2.68 bits per heavy atom. The molecular weight excluding hydrogens is 560 g/mol. The Balaban J connectivity index is 1.50. The van der Waals surface area contributed by atoms with Crippen molar-refractivity contribution in [1.29, 1.82) is 0 Å². The molecule has 2 bridgehead atoms. The van der Waals surface area contributed by atoms with Gasteiger partial charge in [-0.25, -0.2) is 0 Å². The molecule has 1 aliphatic heterocycles. The minimum Gasteiger partial charge on any atom is -0.493 e. The third-order valence-corrected chi connectivity index (χ3v) is 8.35. The minimum absolute atomic E-state index is 0.0302. The lowest BCUT2D eigenvalue weighted by Crippen LogP contribution is -2.35. The molecule has 1 aliphatic carbocycles. The third-order valence-electron chi connectivity index (χ3n) is 7.16. The monoisotopic (exact) mass is 586 g/mol. The number of aromatic nitrogens is 1. The summed E-state index contributed by atoms with van der Waals surface area (Å²) in [5.41, 5.74) is 2.23. The van der Waals surface area contributed by atoms with Crippen molar-refractivity contribution < 1.29 is 9.90 Å². The normalized spacial score (nSPS) is 24.3. The summed E-state index contributed by atoms with van der Waals surface area (Å²) in [6.07, 6.45) is 3.56. The van der Waals surface area contributed by atoms with Gasteiger partial charge in [0.15, 0.2) is 5.69 Å². The standard InChI is InChI=1S/C26H28Br2N4O2/c1-25(2)11-17-12-26(3,13-25)14-31(17)15-32-21-9-8-16(27)10-19(21)22(24(32)34)29-30-23(33)18-6-4-5-7-20(18)28/h4-10,17,34H,11-15H2,1-3H3/t17-,26+/m0/s1. The summed E-state index contributed by atoms with van der Waals surface area (Å²) in [6, 6.07) is 13.4. The number of azo groups is 1. The molecule has 2 aliphatic rings. The van der Waals surface area contributed by atoms with E-state index < -0.39 is 5.91 Å². The lowest BCUT2D eigenvalue weighted by molar-refractivity contribution is 0.0994. The number of likely N-dealkylation sites (tertiary alicyclic amines) is 1. The molecule has 34 heavy (non-hydrogen) atoms. The summed E-state index contributed by atoms with van der Waals surface area (Å²) >= 11 is 6.91. The second-order valence-electron chi connectivity index (χ2n) is 10.8. The summed E-state index contributed by atoms with van der Waals surface area (Å²) in [7, 11) is 0. The van der Waals surface area contributed by atoms with Crippen LogP contribution in [0.2, 0.25) is 0 Å². The quantitative estimate of drug-likeness (QED) is 0.319. The number of carbonyl (C=O) groups is 1. The lowest BCUT2D eigenvalue weighted by Gasteiger charge is -2.40. The van der Waals surface area contributed by atoms with Gasteiger partial charge in [-0.15, -0.1) is 10.2 Å². The molecule has 1 saturated heterocycles. The Hall–Kier alpha value is -2.03. The topological polar surface area (TPSA) is 70.2 Å². The molecule has 2 atom stereocenters. The van der Waals surface area contributed by atoms with Crippen molar-refractivity contribution in [1.82, 2.24) is 9.47 Å². The lowest BCUT2D eigenvalue weighted by atomic mass is 9.65. The zero-order chi connectivity index (χ0) is 24.3. The highest BCUT2D eigenvalue weighted by Crippen LogP contribution is 2.53. The first-order chi connectivity index (χ1) is 16.1. The van der Waals surface area contributed by atoms with E-state index in [4.69, 9.17) is 0 Å². The van der Waals surface area contributed by atoms with Crippen LogP contribution < -0.4 is 0 Å². The molecule has 0 spiro atoms. The van der Waals surface area contributed by atoms with Crippen LogP contribution >= 0.6 is 31.9 Å². The Morgan fingerprint density at radius 2 is 1.91 bits per heavy atom. The summed E-state index contributed by atoms with van der Waals surface area (Å²) in [6.45, 7) is 8.70. The number of carbonyl (C=O) groups excluding carboxylic acids is 1. The van der Waals surface area contributed by atoms with E-state index in [0.29, 0.717) is 39.3 Å². The second-order valence-corrected chi connectivity index (χ2v) is 12.6. The van der Waals surface area contributed by atoms with Crippen LogP contribution in [0.3, 0.4) is 0 Å². The summed E-state index contributed by atoms with van der Waals surface area (Å²) < 4.78 is 3.43. The van der Waals surface area contributed by atoms with E-state index in [-0.39, 0.29) is 5.88 Å². The summed E-state index contributed by atoms with van der Waals surface area (Å²) in [5, 5.41) is 20.2. The van der Waals surface area contributed by atoms with Crippen molar-refractivity contribution in [2.24, 2.45) is 21.1 Å². The molecule has 1 aromatic heterocycles. The van der Waals surface area contributed by atoms with Gasteiger partial charge in [-0.3, -0.25) is 14.3 Å².